The van der Waals surface area contributed by atoms with Crippen LogP contribution in [0.1, 0.15) is 39.2 Å². The Balaban J connectivity index is 1.70. The number of benzene rings is 1. The molecular formula is C20H28N2O4. The van der Waals surface area contributed by atoms with Crippen molar-refractivity contribution in [2.45, 2.75) is 57.8 Å². The van der Waals surface area contributed by atoms with E-state index in [1.54, 1.807) is 12.0 Å². The number of ketones is 1. The Bertz CT molecular complexity index is 647. The maximum Gasteiger partial charge on any atom is 0.410 e. The average molecular weight is 360 g/mol. The van der Waals surface area contributed by atoms with Crippen LogP contribution in [-0.2, 0) is 16.1 Å². The minimum atomic E-state index is -0.512. The van der Waals surface area contributed by atoms with Crippen LogP contribution < -0.4 is 4.74 Å². The molecule has 142 valence electrons. The molecule has 6 heteroatoms. The first-order valence-electron chi connectivity index (χ1n) is 9.13. The van der Waals surface area contributed by atoms with E-state index < -0.39 is 5.60 Å². The van der Waals surface area contributed by atoms with E-state index in [0.29, 0.717) is 25.9 Å². The number of nitrogens with zero attached hydrogens (tertiary/aromatic N) is 2. The van der Waals surface area contributed by atoms with Gasteiger partial charge < -0.3 is 14.4 Å². The van der Waals surface area contributed by atoms with Crippen LogP contribution in [0, 0.1) is 0 Å². The Labute approximate surface area is 155 Å². The number of amides is 1. The van der Waals surface area contributed by atoms with E-state index in [1.807, 2.05) is 32.9 Å². The average Bonchev–Trinajstić information content (AvgIpc) is 2.54. The maximum atomic E-state index is 12.4. The number of methoxy groups -OCH3 is 1. The van der Waals surface area contributed by atoms with Crippen LogP contribution in [0.25, 0.3) is 0 Å². The van der Waals surface area contributed by atoms with Gasteiger partial charge in [0.1, 0.15) is 17.1 Å². The Morgan fingerprint density at radius 2 is 1.69 bits per heavy atom. The van der Waals surface area contributed by atoms with Crippen molar-refractivity contribution >= 4 is 11.9 Å². The summed E-state index contributed by atoms with van der Waals surface area (Å²) in [5.41, 5.74) is 0.670. The topological polar surface area (TPSA) is 59.1 Å². The summed E-state index contributed by atoms with van der Waals surface area (Å²) in [6.45, 7) is 7.45. The Kier molecular flexibility index (Phi) is 5.23. The second-order valence-electron chi connectivity index (χ2n) is 8.16. The lowest BCUT2D eigenvalue weighted by Gasteiger charge is -2.49. The van der Waals surface area contributed by atoms with Gasteiger partial charge in [0.15, 0.2) is 0 Å². The molecule has 2 bridgehead atoms. The molecule has 2 unspecified atom stereocenters. The van der Waals surface area contributed by atoms with Crippen LogP contribution >= 0.6 is 0 Å². The lowest BCUT2D eigenvalue weighted by atomic mass is 9.90. The number of rotatable bonds is 3. The summed E-state index contributed by atoms with van der Waals surface area (Å²) in [7, 11) is 1.65. The summed E-state index contributed by atoms with van der Waals surface area (Å²) in [6.07, 6.45) is 0.698. The molecule has 2 aliphatic heterocycles. The number of hydrogen-bond acceptors (Lipinski definition) is 5. The SMILES string of the molecule is COc1ccc(CN2C3CC(=O)CC2CN(C(=O)OC(C)(C)C)C3)cc1. The van der Waals surface area contributed by atoms with Gasteiger partial charge in [-0.25, -0.2) is 4.79 Å². The van der Waals surface area contributed by atoms with Gasteiger partial charge in [0.05, 0.1) is 7.11 Å². The summed E-state index contributed by atoms with van der Waals surface area (Å²) < 4.78 is 10.7. The van der Waals surface area contributed by atoms with E-state index in [9.17, 15) is 9.59 Å². The molecule has 0 spiro atoms. The van der Waals surface area contributed by atoms with E-state index in [2.05, 4.69) is 17.0 Å². The van der Waals surface area contributed by atoms with Crippen molar-refractivity contribution in [3.05, 3.63) is 29.8 Å². The van der Waals surface area contributed by atoms with Crippen molar-refractivity contribution in [2.75, 3.05) is 20.2 Å². The Morgan fingerprint density at radius 1 is 1.12 bits per heavy atom. The van der Waals surface area contributed by atoms with E-state index in [0.717, 1.165) is 12.3 Å². The van der Waals surface area contributed by atoms with Crippen molar-refractivity contribution < 1.29 is 19.1 Å². The highest BCUT2D eigenvalue weighted by Crippen LogP contribution is 2.30. The highest BCUT2D eigenvalue weighted by molar-refractivity contribution is 5.81. The molecular weight excluding hydrogens is 332 g/mol. The van der Waals surface area contributed by atoms with Crippen LogP contribution in [0.2, 0.25) is 0 Å². The zero-order valence-electron chi connectivity index (χ0n) is 16.0. The molecule has 2 saturated heterocycles. The Hall–Kier alpha value is -2.08. The summed E-state index contributed by atoms with van der Waals surface area (Å²) >= 11 is 0. The summed E-state index contributed by atoms with van der Waals surface area (Å²) in [5, 5.41) is 0. The number of likely N-dealkylation sites (tertiary alicyclic amines) is 1. The fourth-order valence-corrected chi connectivity index (χ4v) is 3.74. The second kappa shape index (κ2) is 7.27. The zero-order chi connectivity index (χ0) is 18.9. The third kappa shape index (κ3) is 4.36. The minimum absolute atomic E-state index is 0.0459. The van der Waals surface area contributed by atoms with Gasteiger partial charge in [-0.2, -0.15) is 0 Å². The first-order chi connectivity index (χ1) is 12.2. The number of ether oxygens (including phenoxy) is 2. The van der Waals surface area contributed by atoms with Gasteiger partial charge in [-0.05, 0) is 38.5 Å². The summed E-state index contributed by atoms with van der Waals surface area (Å²) in [5.74, 6) is 1.12. The molecule has 6 nitrogen and oxygen atoms in total. The maximum absolute atomic E-state index is 12.4. The van der Waals surface area contributed by atoms with Gasteiger partial charge in [-0.1, -0.05) is 12.1 Å². The van der Waals surface area contributed by atoms with E-state index in [-0.39, 0.29) is 24.0 Å². The lowest BCUT2D eigenvalue weighted by Crippen LogP contribution is -2.63. The number of hydrogen-bond donors (Lipinski definition) is 0. The molecule has 1 amide bonds. The van der Waals surface area contributed by atoms with Gasteiger partial charge >= 0.3 is 6.09 Å². The minimum Gasteiger partial charge on any atom is -0.497 e. The number of carbonyl (C=O) groups excluding carboxylic acids is 2. The van der Waals surface area contributed by atoms with Crippen LogP contribution in [0.15, 0.2) is 24.3 Å². The predicted octanol–water partition coefficient (Wildman–Crippen LogP) is 2.85. The number of Topliss-reactive ketones (excluding diaryl/α,β-unsaturated/α-hetero) is 1. The third-order valence-corrected chi connectivity index (χ3v) is 4.90. The summed E-state index contributed by atoms with van der Waals surface area (Å²) in [4.78, 5) is 28.7. The number of carbonyl (C=O) groups is 2. The van der Waals surface area contributed by atoms with Crippen molar-refractivity contribution in [1.29, 1.82) is 0 Å². The second-order valence-corrected chi connectivity index (χ2v) is 8.16. The van der Waals surface area contributed by atoms with E-state index >= 15 is 0 Å². The zero-order valence-corrected chi connectivity index (χ0v) is 16.0. The molecule has 2 heterocycles. The smallest absolute Gasteiger partial charge is 0.410 e. The third-order valence-electron chi connectivity index (χ3n) is 4.90. The number of piperazine rings is 1. The fraction of sp³-hybridized carbons (Fsp3) is 0.600. The van der Waals surface area contributed by atoms with Gasteiger partial charge in [0.25, 0.3) is 0 Å². The molecule has 0 N–H and O–H groups in total. The highest BCUT2D eigenvalue weighted by atomic mass is 16.6. The molecule has 1 aromatic carbocycles. The van der Waals surface area contributed by atoms with Crippen molar-refractivity contribution in [2.24, 2.45) is 0 Å². The molecule has 2 aliphatic rings. The van der Waals surface area contributed by atoms with Crippen LogP contribution in [0.3, 0.4) is 0 Å². The highest BCUT2D eigenvalue weighted by Gasteiger charge is 2.42. The summed E-state index contributed by atoms with van der Waals surface area (Å²) in [6, 6.07) is 8.10. The van der Waals surface area contributed by atoms with Crippen LogP contribution in [-0.4, -0.2) is 59.6 Å². The van der Waals surface area contributed by atoms with Gasteiger partial charge in [-0.3, -0.25) is 9.69 Å². The normalized spacial score (nSPS) is 23.7. The predicted molar refractivity (Wildman–Crippen MR) is 98.2 cm³/mol. The van der Waals surface area contributed by atoms with Crippen molar-refractivity contribution in [1.82, 2.24) is 9.80 Å². The van der Waals surface area contributed by atoms with Crippen molar-refractivity contribution in [3.63, 3.8) is 0 Å². The van der Waals surface area contributed by atoms with E-state index in [4.69, 9.17) is 9.47 Å². The first kappa shape index (κ1) is 18.7. The van der Waals surface area contributed by atoms with Gasteiger partial charge in [0.2, 0.25) is 0 Å². The lowest BCUT2D eigenvalue weighted by molar-refractivity contribution is -0.129. The molecule has 26 heavy (non-hydrogen) atoms. The van der Waals surface area contributed by atoms with Gasteiger partial charge in [0, 0.05) is 44.6 Å². The molecule has 3 rings (SSSR count). The monoisotopic (exact) mass is 360 g/mol. The van der Waals surface area contributed by atoms with E-state index in [1.165, 1.54) is 5.56 Å². The molecule has 0 aliphatic carbocycles. The van der Waals surface area contributed by atoms with Crippen LogP contribution in [0.4, 0.5) is 4.79 Å². The molecule has 1 aromatic rings. The molecule has 0 radical (unpaired) electrons. The molecule has 2 fully saturated rings. The van der Waals surface area contributed by atoms with Crippen molar-refractivity contribution in [3.8, 4) is 5.75 Å². The number of fused-ring (bicyclic) bond motifs is 2. The number of piperidine rings is 1. The molecule has 0 aromatic heterocycles. The quantitative estimate of drug-likeness (QED) is 0.830. The Morgan fingerprint density at radius 3 is 2.19 bits per heavy atom. The van der Waals surface area contributed by atoms with Crippen LogP contribution in [0.5, 0.6) is 5.75 Å². The van der Waals surface area contributed by atoms with Gasteiger partial charge in [-0.15, -0.1) is 0 Å². The standard InChI is InChI=1S/C20H28N2O4/c1-20(2,3)26-19(24)21-12-15-9-17(23)10-16(13-21)22(15)11-14-5-7-18(25-4)8-6-14/h5-8,15-16H,9-13H2,1-4H3. The molecule has 2 atom stereocenters. The molecule has 0 saturated carbocycles. The largest absolute Gasteiger partial charge is 0.497 e. The fourth-order valence-electron chi connectivity index (χ4n) is 3.74. The first-order valence-corrected chi connectivity index (χ1v) is 9.13.